The van der Waals surface area contributed by atoms with Crippen LogP contribution in [-0.4, -0.2) is 40.8 Å². The fraction of sp³-hybridized carbons (Fsp3) is 0.333. The number of anilines is 1. The molecule has 2 heterocycles. The number of rotatable bonds is 6. The van der Waals surface area contributed by atoms with Crippen molar-refractivity contribution in [3.8, 4) is 11.1 Å². The van der Waals surface area contributed by atoms with Crippen molar-refractivity contribution in [2.75, 3.05) is 11.9 Å². The van der Waals surface area contributed by atoms with Crippen LogP contribution >= 0.6 is 0 Å². The van der Waals surface area contributed by atoms with E-state index in [9.17, 15) is 45.4 Å². The third-order valence-electron chi connectivity index (χ3n) is 7.42. The number of pyridine rings is 1. The van der Waals surface area contributed by atoms with Crippen LogP contribution in [-0.2, 0) is 27.4 Å². The number of carboxylic acid groups (broad SMARTS) is 1. The highest BCUT2D eigenvalue weighted by molar-refractivity contribution is 6.06. The average molecular weight is 610 g/mol. The Kier molecular flexibility index (Phi) is 8.16. The lowest BCUT2D eigenvalue weighted by molar-refractivity contribution is -0.143. The minimum atomic E-state index is -5.10. The Morgan fingerprint density at radius 2 is 1.49 bits per heavy atom. The molecule has 4 rings (SSSR count). The molecule has 0 fully saturated rings. The van der Waals surface area contributed by atoms with Gasteiger partial charge in [-0.25, -0.2) is 9.18 Å². The fourth-order valence-electron chi connectivity index (χ4n) is 4.95. The van der Waals surface area contributed by atoms with E-state index in [0.717, 1.165) is 4.90 Å². The van der Waals surface area contributed by atoms with Gasteiger partial charge >= 0.3 is 18.3 Å². The molecule has 2 aromatic carbocycles. The third-order valence-corrected chi connectivity index (χ3v) is 7.42. The van der Waals surface area contributed by atoms with E-state index in [2.05, 4.69) is 9.98 Å². The van der Waals surface area contributed by atoms with Crippen LogP contribution in [0.3, 0.4) is 0 Å². The topological polar surface area (TPSA) is 82.9 Å². The van der Waals surface area contributed by atoms with E-state index < -0.39 is 58.2 Å². The molecular formula is C30H26F7N3O3. The summed E-state index contributed by atoms with van der Waals surface area (Å²) in [5.41, 5.74) is -3.38. The molecule has 1 aliphatic heterocycles. The molecule has 0 radical (unpaired) electrons. The van der Waals surface area contributed by atoms with Crippen LogP contribution < -0.4 is 4.90 Å². The number of carbonyl (C=O) groups excluding carboxylic acids is 1. The monoisotopic (exact) mass is 609 g/mol. The maximum atomic E-state index is 14.0. The number of hydrogen-bond acceptors (Lipinski definition) is 4. The van der Waals surface area contributed by atoms with Crippen molar-refractivity contribution in [1.82, 2.24) is 4.98 Å². The number of benzene rings is 2. The van der Waals surface area contributed by atoms with Gasteiger partial charge in [0.15, 0.2) is 0 Å². The van der Waals surface area contributed by atoms with Gasteiger partial charge < -0.3 is 10.0 Å². The van der Waals surface area contributed by atoms with Gasteiger partial charge in [0.25, 0.3) is 0 Å². The van der Waals surface area contributed by atoms with E-state index in [4.69, 9.17) is 0 Å². The molecule has 1 aromatic heterocycles. The van der Waals surface area contributed by atoms with E-state index in [0.29, 0.717) is 46.6 Å². The molecule has 1 N–H and O–H groups in total. The summed E-state index contributed by atoms with van der Waals surface area (Å²) in [7, 11) is 1.30. The molecule has 1 amide bonds. The first-order valence-corrected chi connectivity index (χ1v) is 12.9. The molecule has 0 unspecified atom stereocenters. The molecule has 228 valence electrons. The first-order valence-electron chi connectivity index (χ1n) is 12.9. The lowest BCUT2D eigenvalue weighted by Crippen LogP contribution is -2.42. The first-order chi connectivity index (χ1) is 19.8. The summed E-state index contributed by atoms with van der Waals surface area (Å²) in [5.74, 6) is -2.48. The Labute approximate surface area is 241 Å². The number of carbonyl (C=O) groups is 2. The van der Waals surface area contributed by atoms with Gasteiger partial charge in [-0.05, 0) is 86.7 Å². The smallest absolute Gasteiger partial charge is 0.416 e. The highest BCUT2D eigenvalue weighted by Gasteiger charge is 2.41. The van der Waals surface area contributed by atoms with Crippen molar-refractivity contribution in [3.63, 3.8) is 0 Å². The van der Waals surface area contributed by atoms with E-state index in [1.54, 1.807) is 13.0 Å². The second-order valence-electron chi connectivity index (χ2n) is 10.8. The summed E-state index contributed by atoms with van der Waals surface area (Å²) < 4.78 is 95.3. The van der Waals surface area contributed by atoms with Gasteiger partial charge in [-0.3, -0.25) is 14.8 Å². The largest absolute Gasteiger partial charge is 0.480 e. The van der Waals surface area contributed by atoms with E-state index in [-0.39, 0.29) is 18.2 Å². The molecule has 0 aliphatic carbocycles. The van der Waals surface area contributed by atoms with Gasteiger partial charge in [-0.15, -0.1) is 0 Å². The Hall–Kier alpha value is -4.29. The first kappa shape index (κ1) is 31.6. The number of likely N-dealkylation sites (N-methyl/N-ethyl adjacent to an activating group) is 1. The van der Waals surface area contributed by atoms with Crippen LogP contribution in [0.15, 0.2) is 53.7 Å². The van der Waals surface area contributed by atoms with Gasteiger partial charge in [-0.1, -0.05) is 6.07 Å². The molecule has 0 bridgehead atoms. The van der Waals surface area contributed by atoms with Crippen molar-refractivity contribution >= 4 is 23.3 Å². The normalized spacial score (nSPS) is 15.8. The number of aryl methyl sites for hydroxylation is 1. The van der Waals surface area contributed by atoms with Gasteiger partial charge in [0.05, 0.1) is 39.8 Å². The maximum Gasteiger partial charge on any atom is 0.416 e. The molecule has 13 heteroatoms. The Morgan fingerprint density at radius 1 is 0.907 bits per heavy atom. The van der Waals surface area contributed by atoms with Gasteiger partial charge in [0, 0.05) is 12.6 Å². The number of amides is 1. The Bertz CT molecular complexity index is 1600. The van der Waals surface area contributed by atoms with Crippen LogP contribution in [0.1, 0.15) is 54.6 Å². The number of alkyl halides is 6. The molecule has 1 atom stereocenters. The minimum absolute atomic E-state index is 0.00745. The molecule has 6 nitrogen and oxygen atoms in total. The van der Waals surface area contributed by atoms with Crippen LogP contribution in [0.2, 0.25) is 0 Å². The number of nitrogens with zero attached hydrogens (tertiary/aromatic N) is 3. The summed E-state index contributed by atoms with van der Waals surface area (Å²) in [6.07, 6.45) is -8.36. The summed E-state index contributed by atoms with van der Waals surface area (Å²) in [6, 6.07) is 5.51. The fourth-order valence-corrected chi connectivity index (χ4v) is 4.95. The quantitative estimate of drug-likeness (QED) is 0.300. The predicted octanol–water partition coefficient (Wildman–Crippen LogP) is 7.21. The van der Waals surface area contributed by atoms with E-state index in [1.165, 1.54) is 45.3 Å². The molecule has 1 aliphatic rings. The van der Waals surface area contributed by atoms with Gasteiger partial charge in [0.2, 0.25) is 5.91 Å². The number of aromatic nitrogens is 1. The predicted molar refractivity (Wildman–Crippen MR) is 144 cm³/mol. The van der Waals surface area contributed by atoms with Crippen LogP contribution in [0.5, 0.6) is 0 Å². The summed E-state index contributed by atoms with van der Waals surface area (Å²) >= 11 is 0. The molecule has 0 saturated carbocycles. The summed E-state index contributed by atoms with van der Waals surface area (Å²) in [6.45, 7) is 4.04. The van der Waals surface area contributed by atoms with Crippen molar-refractivity contribution in [3.05, 3.63) is 82.4 Å². The van der Waals surface area contributed by atoms with E-state index in [1.807, 2.05) is 0 Å². The van der Waals surface area contributed by atoms with Gasteiger partial charge in [-0.2, -0.15) is 26.3 Å². The van der Waals surface area contributed by atoms with Crippen LogP contribution in [0.4, 0.5) is 36.4 Å². The summed E-state index contributed by atoms with van der Waals surface area (Å²) in [4.78, 5) is 34.9. The zero-order valence-corrected chi connectivity index (χ0v) is 23.4. The second kappa shape index (κ2) is 11.1. The highest BCUT2D eigenvalue weighted by Crippen LogP contribution is 2.41. The molecule has 43 heavy (non-hydrogen) atoms. The zero-order chi connectivity index (χ0) is 32.1. The molecule has 0 saturated heterocycles. The number of carboxylic acids is 1. The van der Waals surface area contributed by atoms with Gasteiger partial charge in [0.1, 0.15) is 11.9 Å². The molecule has 0 spiro atoms. The Morgan fingerprint density at radius 3 is 2.00 bits per heavy atom. The maximum absolute atomic E-state index is 14.0. The Balaban J connectivity index is 1.84. The molecule has 3 aromatic rings. The van der Waals surface area contributed by atoms with Crippen molar-refractivity contribution in [2.45, 2.75) is 57.4 Å². The number of aliphatic carboxylic acids is 1. The highest BCUT2D eigenvalue weighted by atomic mass is 19.4. The van der Waals surface area contributed by atoms with Crippen molar-refractivity contribution < 1.29 is 45.4 Å². The van der Waals surface area contributed by atoms with Crippen LogP contribution in [0, 0.1) is 12.7 Å². The van der Waals surface area contributed by atoms with Crippen molar-refractivity contribution in [2.24, 2.45) is 4.99 Å². The lowest BCUT2D eigenvalue weighted by Gasteiger charge is -2.32. The SMILES string of the molecule is Cc1cc(F)ccc1-c1cc(C2=N[C@@H](C(=O)O)CC2)ncc1N(C)C(=O)C(C)(C)c1cc(C(F)(F)F)cc(C(F)(F)F)c1. The summed E-state index contributed by atoms with van der Waals surface area (Å²) in [5, 5.41) is 9.31. The number of hydrogen-bond donors (Lipinski definition) is 1. The minimum Gasteiger partial charge on any atom is -0.480 e. The number of halogens is 7. The molecular weight excluding hydrogens is 583 g/mol. The number of aliphatic imine (C=N–C) groups is 1. The lowest BCUT2D eigenvalue weighted by atomic mass is 9.81. The van der Waals surface area contributed by atoms with Crippen molar-refractivity contribution in [1.29, 1.82) is 0 Å². The van der Waals surface area contributed by atoms with E-state index >= 15 is 0 Å². The zero-order valence-electron chi connectivity index (χ0n) is 23.4. The second-order valence-corrected chi connectivity index (χ2v) is 10.8. The average Bonchev–Trinajstić information content (AvgIpc) is 3.42. The third kappa shape index (κ3) is 6.40. The standard InChI is InChI=1S/C30H26F7N3O3/c1-15-9-19(31)5-6-20(15)21-13-24(22-7-8-23(39-22)26(41)42)38-14-25(21)40(4)27(43)28(2,3)16-10-17(29(32,33)34)12-18(11-16)30(35,36)37/h5-6,9-14,23H,7-8H2,1-4H3,(H,41,42)/t23-/m1/s1. The van der Waals surface area contributed by atoms with Crippen LogP contribution in [0.25, 0.3) is 11.1 Å².